The highest BCUT2D eigenvalue weighted by atomic mass is 19.1. The minimum absolute atomic E-state index is 0.0857. The van der Waals surface area contributed by atoms with Crippen molar-refractivity contribution in [1.29, 1.82) is 0 Å². The molecule has 0 bridgehead atoms. The molecule has 1 atom stereocenters. The Balaban J connectivity index is 2.36. The van der Waals surface area contributed by atoms with Crippen molar-refractivity contribution < 1.29 is 4.39 Å². The maximum Gasteiger partial charge on any atom is 0.148 e. The Morgan fingerprint density at radius 2 is 2.38 bits per heavy atom. The average molecular weight is 178 g/mol. The molecule has 0 amide bonds. The summed E-state index contributed by atoms with van der Waals surface area (Å²) in [7, 11) is 0. The maximum absolute atomic E-state index is 13.2. The lowest BCUT2D eigenvalue weighted by molar-refractivity contribution is 0.616. The van der Waals surface area contributed by atoms with Crippen LogP contribution in [0.3, 0.4) is 0 Å². The van der Waals surface area contributed by atoms with Crippen LogP contribution in [0.2, 0.25) is 0 Å². The van der Waals surface area contributed by atoms with Crippen molar-refractivity contribution in [1.82, 2.24) is 4.98 Å². The van der Waals surface area contributed by atoms with Crippen molar-refractivity contribution in [2.75, 3.05) is 0 Å². The Morgan fingerprint density at radius 3 is 3.00 bits per heavy atom. The Hall–Kier alpha value is -1.22. The number of hydrogen-bond donors (Lipinski definition) is 1. The molecule has 0 radical (unpaired) electrons. The van der Waals surface area contributed by atoms with E-state index in [1.807, 2.05) is 6.08 Å². The van der Waals surface area contributed by atoms with Gasteiger partial charge in [0.2, 0.25) is 0 Å². The number of allylic oxidation sites excluding steroid dienone is 1. The van der Waals surface area contributed by atoms with Crippen LogP contribution in [0.15, 0.2) is 24.5 Å². The van der Waals surface area contributed by atoms with Gasteiger partial charge in [-0.15, -0.1) is 0 Å². The van der Waals surface area contributed by atoms with Crippen molar-refractivity contribution >= 4 is 5.57 Å². The van der Waals surface area contributed by atoms with Crippen molar-refractivity contribution in [3.05, 3.63) is 35.9 Å². The van der Waals surface area contributed by atoms with Gasteiger partial charge in [0.1, 0.15) is 5.82 Å². The number of rotatable bonds is 1. The zero-order valence-corrected chi connectivity index (χ0v) is 7.20. The van der Waals surface area contributed by atoms with Gasteiger partial charge in [0.15, 0.2) is 0 Å². The molecular weight excluding hydrogens is 167 g/mol. The second-order valence-electron chi connectivity index (χ2n) is 3.25. The minimum Gasteiger partial charge on any atom is -0.324 e. The first-order valence-corrected chi connectivity index (χ1v) is 4.33. The summed E-state index contributed by atoms with van der Waals surface area (Å²) in [6.07, 6.45) is 6.54. The molecule has 0 fully saturated rings. The Morgan fingerprint density at radius 1 is 1.54 bits per heavy atom. The fourth-order valence-corrected chi connectivity index (χ4v) is 1.61. The first kappa shape index (κ1) is 8.38. The van der Waals surface area contributed by atoms with Gasteiger partial charge < -0.3 is 5.73 Å². The molecule has 1 aliphatic rings. The molecule has 0 saturated carbocycles. The van der Waals surface area contributed by atoms with E-state index in [-0.39, 0.29) is 11.9 Å². The molecule has 2 nitrogen and oxygen atoms in total. The quantitative estimate of drug-likeness (QED) is 0.711. The summed E-state index contributed by atoms with van der Waals surface area (Å²) in [5, 5.41) is 0. The predicted octanol–water partition coefficient (Wildman–Crippen LogP) is 1.73. The summed E-state index contributed by atoms with van der Waals surface area (Å²) < 4.78 is 13.2. The highest BCUT2D eigenvalue weighted by Gasteiger charge is 2.15. The Labute approximate surface area is 76.3 Å². The lowest BCUT2D eigenvalue weighted by Crippen LogP contribution is -2.11. The van der Waals surface area contributed by atoms with Crippen molar-refractivity contribution in [2.45, 2.75) is 18.9 Å². The molecule has 0 saturated heterocycles. The normalized spacial score (nSPS) is 21.7. The van der Waals surface area contributed by atoms with Gasteiger partial charge in [-0.3, -0.25) is 4.98 Å². The third-order valence-electron chi connectivity index (χ3n) is 2.28. The van der Waals surface area contributed by atoms with Gasteiger partial charge in [0.25, 0.3) is 0 Å². The average Bonchev–Trinajstić information content (AvgIpc) is 2.53. The molecule has 0 aromatic carbocycles. The SMILES string of the molecule is NC1C=C(c2ccncc2F)CC1. The summed E-state index contributed by atoms with van der Waals surface area (Å²) in [6.45, 7) is 0. The van der Waals surface area contributed by atoms with Gasteiger partial charge in [-0.2, -0.15) is 0 Å². The summed E-state index contributed by atoms with van der Waals surface area (Å²) in [6, 6.07) is 1.78. The van der Waals surface area contributed by atoms with Crippen LogP contribution >= 0.6 is 0 Å². The monoisotopic (exact) mass is 178 g/mol. The van der Waals surface area contributed by atoms with Crippen molar-refractivity contribution in [3.63, 3.8) is 0 Å². The van der Waals surface area contributed by atoms with Crippen molar-refractivity contribution in [2.24, 2.45) is 5.73 Å². The van der Waals surface area contributed by atoms with Crippen LogP contribution in [0.1, 0.15) is 18.4 Å². The molecule has 68 valence electrons. The largest absolute Gasteiger partial charge is 0.324 e. The number of hydrogen-bond acceptors (Lipinski definition) is 2. The highest BCUT2D eigenvalue weighted by Crippen LogP contribution is 2.28. The van der Waals surface area contributed by atoms with Crippen LogP contribution in [0.25, 0.3) is 5.57 Å². The summed E-state index contributed by atoms with van der Waals surface area (Å²) >= 11 is 0. The smallest absolute Gasteiger partial charge is 0.148 e. The van der Waals surface area contributed by atoms with Crippen LogP contribution in [0.4, 0.5) is 4.39 Å². The molecular formula is C10H11FN2. The zero-order chi connectivity index (χ0) is 9.26. The molecule has 0 aliphatic heterocycles. The fourth-order valence-electron chi connectivity index (χ4n) is 1.61. The fraction of sp³-hybridized carbons (Fsp3) is 0.300. The van der Waals surface area contributed by atoms with E-state index >= 15 is 0 Å². The lowest BCUT2D eigenvalue weighted by Gasteiger charge is -2.01. The Bertz CT molecular complexity index is 347. The number of aromatic nitrogens is 1. The molecule has 0 spiro atoms. The molecule has 1 heterocycles. The van der Waals surface area contributed by atoms with Gasteiger partial charge in [-0.1, -0.05) is 6.08 Å². The molecule has 1 aromatic rings. The highest BCUT2D eigenvalue weighted by molar-refractivity contribution is 5.68. The van der Waals surface area contributed by atoms with E-state index in [1.165, 1.54) is 6.20 Å². The third kappa shape index (κ3) is 1.60. The lowest BCUT2D eigenvalue weighted by atomic mass is 10.1. The van der Waals surface area contributed by atoms with Crippen LogP contribution in [0, 0.1) is 5.82 Å². The molecule has 3 heteroatoms. The Kier molecular flexibility index (Phi) is 2.10. The van der Waals surface area contributed by atoms with Crippen molar-refractivity contribution in [3.8, 4) is 0 Å². The van der Waals surface area contributed by atoms with E-state index in [0.717, 1.165) is 18.4 Å². The minimum atomic E-state index is -0.261. The summed E-state index contributed by atoms with van der Waals surface area (Å²) in [5.41, 5.74) is 7.35. The van der Waals surface area contributed by atoms with Gasteiger partial charge in [-0.25, -0.2) is 4.39 Å². The van der Waals surface area contributed by atoms with E-state index in [9.17, 15) is 4.39 Å². The first-order valence-electron chi connectivity index (χ1n) is 4.33. The number of pyridine rings is 1. The second-order valence-corrected chi connectivity index (χ2v) is 3.25. The molecule has 1 aromatic heterocycles. The predicted molar refractivity (Wildman–Crippen MR) is 49.4 cm³/mol. The van der Waals surface area contributed by atoms with E-state index < -0.39 is 0 Å². The molecule has 1 unspecified atom stereocenters. The van der Waals surface area contributed by atoms with E-state index in [1.54, 1.807) is 12.3 Å². The molecule has 13 heavy (non-hydrogen) atoms. The molecule has 1 aliphatic carbocycles. The van der Waals surface area contributed by atoms with Gasteiger partial charge in [0, 0.05) is 17.8 Å². The second kappa shape index (κ2) is 3.26. The van der Waals surface area contributed by atoms with Crippen LogP contribution < -0.4 is 5.73 Å². The van der Waals surface area contributed by atoms with Crippen LogP contribution in [0.5, 0.6) is 0 Å². The van der Waals surface area contributed by atoms with Crippen LogP contribution in [-0.4, -0.2) is 11.0 Å². The van der Waals surface area contributed by atoms with Gasteiger partial charge in [-0.05, 0) is 24.5 Å². The maximum atomic E-state index is 13.2. The first-order chi connectivity index (χ1) is 6.27. The summed E-state index contributed by atoms with van der Waals surface area (Å²) in [4.78, 5) is 3.70. The molecule has 2 N–H and O–H groups in total. The van der Waals surface area contributed by atoms with Gasteiger partial charge in [0.05, 0.1) is 6.20 Å². The van der Waals surface area contributed by atoms with E-state index in [0.29, 0.717) is 5.56 Å². The topological polar surface area (TPSA) is 38.9 Å². The van der Waals surface area contributed by atoms with Crippen LogP contribution in [-0.2, 0) is 0 Å². The third-order valence-corrected chi connectivity index (χ3v) is 2.28. The van der Waals surface area contributed by atoms with Gasteiger partial charge >= 0.3 is 0 Å². The standard InChI is InChI=1S/C10H11FN2/c11-10-6-13-4-3-9(10)7-1-2-8(12)5-7/h3-6,8H,1-2,12H2. The van der Waals surface area contributed by atoms with E-state index in [2.05, 4.69) is 4.98 Å². The molecule has 2 rings (SSSR count). The van der Waals surface area contributed by atoms with E-state index in [4.69, 9.17) is 5.73 Å². The zero-order valence-electron chi connectivity index (χ0n) is 7.20. The summed E-state index contributed by atoms with van der Waals surface area (Å²) in [5.74, 6) is -0.261. The number of halogens is 1. The number of nitrogens with two attached hydrogens (primary N) is 1. The number of nitrogens with zero attached hydrogens (tertiary/aromatic N) is 1.